The van der Waals surface area contributed by atoms with Crippen LogP contribution < -0.4 is 10.6 Å². The van der Waals surface area contributed by atoms with Gasteiger partial charge in [0.2, 0.25) is 0 Å². The Kier molecular flexibility index (Phi) is 7.56. The van der Waals surface area contributed by atoms with Crippen LogP contribution in [0.1, 0.15) is 45.9 Å². The summed E-state index contributed by atoms with van der Waals surface area (Å²) in [5.74, 6) is 2.55. The van der Waals surface area contributed by atoms with Gasteiger partial charge in [-0.2, -0.15) is 0 Å². The summed E-state index contributed by atoms with van der Waals surface area (Å²) in [7, 11) is 1.84. The number of piperidine rings is 1. The molecule has 2 heterocycles. The molecular formula is C18H34N6. The van der Waals surface area contributed by atoms with Crippen LogP contribution in [0.5, 0.6) is 0 Å². The summed E-state index contributed by atoms with van der Waals surface area (Å²) in [4.78, 5) is 11.4. The van der Waals surface area contributed by atoms with Crippen LogP contribution in [0.4, 0.5) is 0 Å². The van der Waals surface area contributed by atoms with Gasteiger partial charge in [0.05, 0.1) is 6.54 Å². The third-order valence-electron chi connectivity index (χ3n) is 4.47. The fraction of sp³-hybridized carbons (Fsp3) is 0.778. The Labute approximate surface area is 146 Å². The van der Waals surface area contributed by atoms with E-state index in [0.29, 0.717) is 18.5 Å². The van der Waals surface area contributed by atoms with Gasteiger partial charge in [-0.3, -0.25) is 4.99 Å². The molecule has 2 N–H and O–H groups in total. The topological polar surface area (TPSA) is 57.5 Å². The lowest BCUT2D eigenvalue weighted by molar-refractivity contribution is 0.206. The van der Waals surface area contributed by atoms with Crippen molar-refractivity contribution < 1.29 is 0 Å². The summed E-state index contributed by atoms with van der Waals surface area (Å²) in [6, 6.07) is 0.514. The van der Waals surface area contributed by atoms with Gasteiger partial charge in [0.25, 0.3) is 0 Å². The van der Waals surface area contributed by atoms with E-state index in [0.717, 1.165) is 18.3 Å². The molecule has 0 aliphatic carbocycles. The number of nitrogens with zero attached hydrogens (tertiary/aromatic N) is 4. The van der Waals surface area contributed by atoms with E-state index in [1.54, 1.807) is 0 Å². The van der Waals surface area contributed by atoms with Crippen molar-refractivity contribution in [2.75, 3.05) is 26.7 Å². The van der Waals surface area contributed by atoms with Crippen molar-refractivity contribution in [3.63, 3.8) is 0 Å². The van der Waals surface area contributed by atoms with E-state index in [1.165, 1.54) is 38.9 Å². The predicted octanol–water partition coefficient (Wildman–Crippen LogP) is 2.08. The molecule has 1 aliphatic heterocycles. The summed E-state index contributed by atoms with van der Waals surface area (Å²) in [5.41, 5.74) is 0. The lowest BCUT2D eigenvalue weighted by atomic mass is 10.1. The number of nitrogens with one attached hydrogen (secondary N) is 2. The van der Waals surface area contributed by atoms with Gasteiger partial charge in [0, 0.05) is 45.1 Å². The number of hydrogen-bond donors (Lipinski definition) is 2. The van der Waals surface area contributed by atoms with Crippen molar-refractivity contribution in [1.82, 2.24) is 25.1 Å². The standard InChI is InChI=1S/C18H34N6/c1-5-9-23-10-6-16(7-11-23)22-18(19-4)21-13-17-20-8-12-24(17)14-15(2)3/h8,12,15-16H,5-7,9-11,13-14H2,1-4H3,(H2,19,21,22). The zero-order chi connectivity index (χ0) is 17.4. The molecule has 0 aromatic carbocycles. The van der Waals surface area contributed by atoms with Crippen molar-refractivity contribution in [2.45, 2.75) is 59.2 Å². The van der Waals surface area contributed by atoms with Gasteiger partial charge in [-0.15, -0.1) is 0 Å². The summed E-state index contributed by atoms with van der Waals surface area (Å²) in [6.07, 6.45) is 7.53. The maximum absolute atomic E-state index is 4.46. The van der Waals surface area contributed by atoms with E-state index in [2.05, 4.69) is 57.0 Å². The number of rotatable bonds is 7. The molecule has 1 fully saturated rings. The van der Waals surface area contributed by atoms with E-state index < -0.39 is 0 Å². The first-order valence-electron chi connectivity index (χ1n) is 9.32. The third kappa shape index (κ3) is 5.82. The Hall–Kier alpha value is -1.56. The van der Waals surface area contributed by atoms with Gasteiger partial charge in [0.1, 0.15) is 5.82 Å². The minimum atomic E-state index is 0.514. The molecular weight excluding hydrogens is 300 g/mol. The molecule has 6 nitrogen and oxygen atoms in total. The Balaban J connectivity index is 1.78. The van der Waals surface area contributed by atoms with E-state index >= 15 is 0 Å². The zero-order valence-corrected chi connectivity index (χ0v) is 15.8. The second kappa shape index (κ2) is 9.67. The summed E-state index contributed by atoms with van der Waals surface area (Å²) in [6.45, 7) is 12.0. The van der Waals surface area contributed by atoms with Crippen LogP contribution in [-0.4, -0.2) is 53.1 Å². The number of aromatic nitrogens is 2. The van der Waals surface area contributed by atoms with Crippen molar-refractivity contribution >= 4 is 5.96 Å². The first kappa shape index (κ1) is 18.8. The molecule has 24 heavy (non-hydrogen) atoms. The van der Waals surface area contributed by atoms with Crippen molar-refractivity contribution in [3.8, 4) is 0 Å². The number of guanidine groups is 1. The summed E-state index contributed by atoms with van der Waals surface area (Å²) < 4.78 is 2.22. The SMILES string of the molecule is CCCN1CCC(NC(=NC)NCc2nccn2CC(C)C)CC1. The van der Waals surface area contributed by atoms with Gasteiger partial charge in [-0.1, -0.05) is 20.8 Å². The van der Waals surface area contributed by atoms with Crippen LogP contribution in [-0.2, 0) is 13.1 Å². The Bertz CT molecular complexity index is 499. The second-order valence-electron chi connectivity index (χ2n) is 7.08. The third-order valence-corrected chi connectivity index (χ3v) is 4.47. The van der Waals surface area contributed by atoms with Crippen LogP contribution in [0.25, 0.3) is 0 Å². The minimum absolute atomic E-state index is 0.514. The molecule has 1 saturated heterocycles. The van der Waals surface area contributed by atoms with E-state index in [4.69, 9.17) is 0 Å². The zero-order valence-electron chi connectivity index (χ0n) is 15.8. The fourth-order valence-corrected chi connectivity index (χ4v) is 3.23. The molecule has 0 unspecified atom stereocenters. The first-order chi connectivity index (χ1) is 11.6. The highest BCUT2D eigenvalue weighted by Gasteiger charge is 2.19. The molecule has 0 spiro atoms. The largest absolute Gasteiger partial charge is 0.354 e. The molecule has 6 heteroatoms. The minimum Gasteiger partial charge on any atom is -0.354 e. The lowest BCUT2D eigenvalue weighted by Crippen LogP contribution is -2.48. The monoisotopic (exact) mass is 334 g/mol. The maximum Gasteiger partial charge on any atom is 0.191 e. The molecule has 1 aliphatic rings. The molecule has 136 valence electrons. The molecule has 1 aromatic rings. The van der Waals surface area contributed by atoms with Gasteiger partial charge in [0.15, 0.2) is 5.96 Å². The van der Waals surface area contributed by atoms with Gasteiger partial charge in [-0.25, -0.2) is 4.98 Å². The maximum atomic E-state index is 4.46. The second-order valence-corrected chi connectivity index (χ2v) is 7.08. The highest BCUT2D eigenvalue weighted by Crippen LogP contribution is 2.10. The van der Waals surface area contributed by atoms with Crippen LogP contribution in [0.3, 0.4) is 0 Å². The van der Waals surface area contributed by atoms with Gasteiger partial charge in [-0.05, 0) is 31.7 Å². The predicted molar refractivity (Wildman–Crippen MR) is 100 cm³/mol. The Morgan fingerprint density at radius 3 is 2.75 bits per heavy atom. The van der Waals surface area contributed by atoms with Crippen LogP contribution in [0.15, 0.2) is 17.4 Å². The molecule has 0 bridgehead atoms. The number of hydrogen-bond acceptors (Lipinski definition) is 3. The van der Waals surface area contributed by atoms with Crippen molar-refractivity contribution in [1.29, 1.82) is 0 Å². The fourth-order valence-electron chi connectivity index (χ4n) is 3.23. The van der Waals surface area contributed by atoms with Crippen LogP contribution in [0, 0.1) is 5.92 Å². The molecule has 0 radical (unpaired) electrons. The lowest BCUT2D eigenvalue weighted by Gasteiger charge is -2.32. The van der Waals surface area contributed by atoms with E-state index in [1.807, 2.05) is 13.2 Å². The van der Waals surface area contributed by atoms with E-state index in [9.17, 15) is 0 Å². The Morgan fingerprint density at radius 2 is 2.12 bits per heavy atom. The quantitative estimate of drug-likeness (QED) is 0.592. The first-order valence-corrected chi connectivity index (χ1v) is 9.32. The van der Waals surface area contributed by atoms with Crippen LogP contribution in [0.2, 0.25) is 0 Å². The number of imidazole rings is 1. The molecule has 0 atom stereocenters. The molecule has 0 amide bonds. The summed E-state index contributed by atoms with van der Waals surface area (Å²) >= 11 is 0. The highest BCUT2D eigenvalue weighted by molar-refractivity contribution is 5.79. The summed E-state index contributed by atoms with van der Waals surface area (Å²) in [5, 5.41) is 6.98. The highest BCUT2D eigenvalue weighted by atomic mass is 15.2. The average Bonchev–Trinajstić information content (AvgIpc) is 2.99. The van der Waals surface area contributed by atoms with E-state index in [-0.39, 0.29) is 0 Å². The Morgan fingerprint density at radius 1 is 1.38 bits per heavy atom. The normalized spacial score (nSPS) is 17.5. The molecule has 2 rings (SSSR count). The number of aliphatic imine (C=N–C) groups is 1. The molecule has 1 aromatic heterocycles. The number of likely N-dealkylation sites (tertiary alicyclic amines) is 1. The van der Waals surface area contributed by atoms with Crippen LogP contribution >= 0.6 is 0 Å². The molecule has 0 saturated carbocycles. The van der Waals surface area contributed by atoms with Gasteiger partial charge < -0.3 is 20.1 Å². The smallest absolute Gasteiger partial charge is 0.191 e. The van der Waals surface area contributed by atoms with Crippen molar-refractivity contribution in [2.24, 2.45) is 10.9 Å². The average molecular weight is 335 g/mol. The van der Waals surface area contributed by atoms with Gasteiger partial charge >= 0.3 is 0 Å². The van der Waals surface area contributed by atoms with Crippen molar-refractivity contribution in [3.05, 3.63) is 18.2 Å².